The molecule has 138 valence electrons. The molecule has 1 N–H and O–H groups in total. The second-order valence-electron chi connectivity index (χ2n) is 6.19. The van der Waals surface area contributed by atoms with Crippen LogP contribution in [0.1, 0.15) is 54.2 Å². The van der Waals surface area contributed by atoms with E-state index in [2.05, 4.69) is 10.2 Å². The maximum Gasteiger partial charge on any atom is 0.341 e. The zero-order chi connectivity index (χ0) is 18.4. The molecule has 6 nitrogen and oxygen atoms in total. The minimum Gasteiger partial charge on any atom is -0.493 e. The predicted molar refractivity (Wildman–Crippen MR) is 99.4 cm³/mol. The third-order valence-corrected chi connectivity index (χ3v) is 4.39. The number of carbonyl (C=O) groups excluding carboxylic acids is 1. The van der Waals surface area contributed by atoms with Crippen molar-refractivity contribution in [2.75, 3.05) is 13.7 Å². The number of aromatic amines is 1. The second kappa shape index (κ2) is 8.56. The molecule has 1 aliphatic rings. The molecule has 0 unspecified atom stereocenters. The first kappa shape index (κ1) is 18.0. The van der Waals surface area contributed by atoms with Crippen LogP contribution < -0.4 is 9.47 Å². The average molecular weight is 356 g/mol. The monoisotopic (exact) mass is 356 g/mol. The van der Waals surface area contributed by atoms with Gasteiger partial charge in [-0.1, -0.05) is 12.1 Å². The summed E-state index contributed by atoms with van der Waals surface area (Å²) in [6.45, 7) is 2.10. The summed E-state index contributed by atoms with van der Waals surface area (Å²) >= 11 is 0. The van der Waals surface area contributed by atoms with Gasteiger partial charge in [0.2, 0.25) is 0 Å². The summed E-state index contributed by atoms with van der Waals surface area (Å²) in [6.07, 6.45) is 10.0. The zero-order valence-corrected chi connectivity index (χ0v) is 15.2. The van der Waals surface area contributed by atoms with E-state index in [9.17, 15) is 4.79 Å². The number of aromatic nitrogens is 2. The van der Waals surface area contributed by atoms with Gasteiger partial charge < -0.3 is 14.2 Å². The summed E-state index contributed by atoms with van der Waals surface area (Å²) in [5, 5.41) is 6.75. The van der Waals surface area contributed by atoms with Gasteiger partial charge in [0.05, 0.1) is 31.7 Å². The van der Waals surface area contributed by atoms with Crippen molar-refractivity contribution in [2.45, 2.75) is 38.7 Å². The normalized spacial score (nSPS) is 14.7. The van der Waals surface area contributed by atoms with Crippen LogP contribution in [0.3, 0.4) is 0 Å². The van der Waals surface area contributed by atoms with Gasteiger partial charge in [-0.25, -0.2) is 4.79 Å². The molecule has 1 heterocycles. The van der Waals surface area contributed by atoms with Gasteiger partial charge >= 0.3 is 5.97 Å². The van der Waals surface area contributed by atoms with E-state index in [0.29, 0.717) is 17.9 Å². The topological polar surface area (TPSA) is 73.4 Å². The number of ether oxygens (including phenoxy) is 3. The Morgan fingerprint density at radius 3 is 2.81 bits per heavy atom. The van der Waals surface area contributed by atoms with Crippen LogP contribution in [-0.2, 0) is 4.74 Å². The van der Waals surface area contributed by atoms with Crippen LogP contribution in [0.15, 0.2) is 24.4 Å². The van der Waals surface area contributed by atoms with Crippen molar-refractivity contribution in [3.8, 4) is 11.5 Å². The summed E-state index contributed by atoms with van der Waals surface area (Å²) in [6, 6.07) is 5.79. The number of nitrogens with one attached hydrogen (secondary N) is 1. The van der Waals surface area contributed by atoms with E-state index in [-0.39, 0.29) is 12.1 Å². The number of H-pyrrole nitrogens is 1. The Labute approximate surface area is 153 Å². The number of nitrogens with zero attached hydrogens (tertiary/aromatic N) is 1. The Bertz CT molecular complexity index is 776. The maximum atomic E-state index is 11.9. The molecule has 0 atom stereocenters. The fourth-order valence-corrected chi connectivity index (χ4v) is 3.05. The highest BCUT2D eigenvalue weighted by atomic mass is 16.5. The van der Waals surface area contributed by atoms with E-state index in [0.717, 1.165) is 29.9 Å². The molecule has 3 rings (SSSR count). The van der Waals surface area contributed by atoms with Gasteiger partial charge in [-0.15, -0.1) is 0 Å². The molecule has 2 aromatic rings. The van der Waals surface area contributed by atoms with Crippen molar-refractivity contribution in [3.63, 3.8) is 0 Å². The van der Waals surface area contributed by atoms with Crippen LogP contribution in [0.25, 0.3) is 12.2 Å². The van der Waals surface area contributed by atoms with Crippen molar-refractivity contribution < 1.29 is 19.0 Å². The molecular formula is C20H24N2O4. The first-order chi connectivity index (χ1) is 12.7. The molecule has 6 heteroatoms. The quantitative estimate of drug-likeness (QED) is 0.757. The van der Waals surface area contributed by atoms with Gasteiger partial charge in [-0.2, -0.15) is 5.10 Å². The highest BCUT2D eigenvalue weighted by molar-refractivity contribution is 5.93. The number of carbonyl (C=O) groups is 1. The van der Waals surface area contributed by atoms with Crippen LogP contribution in [0.5, 0.6) is 11.5 Å². The Morgan fingerprint density at radius 1 is 1.27 bits per heavy atom. The van der Waals surface area contributed by atoms with Crippen molar-refractivity contribution in [3.05, 3.63) is 41.2 Å². The highest BCUT2D eigenvalue weighted by Gasteiger charge is 2.18. The van der Waals surface area contributed by atoms with Gasteiger partial charge in [0.25, 0.3) is 0 Å². The Balaban J connectivity index is 1.78. The van der Waals surface area contributed by atoms with Crippen LogP contribution in [0.4, 0.5) is 0 Å². The van der Waals surface area contributed by atoms with Crippen LogP contribution in [0.2, 0.25) is 0 Å². The molecule has 26 heavy (non-hydrogen) atoms. The summed E-state index contributed by atoms with van der Waals surface area (Å²) in [5.41, 5.74) is 1.97. The number of rotatable bonds is 7. The van der Waals surface area contributed by atoms with Crippen molar-refractivity contribution in [1.82, 2.24) is 10.2 Å². The molecule has 0 radical (unpaired) electrons. The molecule has 0 saturated heterocycles. The van der Waals surface area contributed by atoms with Crippen LogP contribution in [-0.4, -0.2) is 36.0 Å². The van der Waals surface area contributed by atoms with E-state index >= 15 is 0 Å². The van der Waals surface area contributed by atoms with Gasteiger partial charge in [0.15, 0.2) is 11.5 Å². The maximum absolute atomic E-state index is 11.9. The van der Waals surface area contributed by atoms with Gasteiger partial charge in [0.1, 0.15) is 5.56 Å². The number of hydrogen-bond donors (Lipinski definition) is 1. The predicted octanol–water partition coefficient (Wildman–Crippen LogP) is 4.09. The van der Waals surface area contributed by atoms with E-state index in [1.807, 2.05) is 24.3 Å². The lowest BCUT2D eigenvalue weighted by Crippen LogP contribution is -2.11. The Kier molecular flexibility index (Phi) is 5.94. The molecular weight excluding hydrogens is 332 g/mol. The van der Waals surface area contributed by atoms with E-state index < -0.39 is 0 Å². The van der Waals surface area contributed by atoms with Gasteiger partial charge in [-0.3, -0.25) is 5.10 Å². The summed E-state index contributed by atoms with van der Waals surface area (Å²) in [7, 11) is 1.64. The second-order valence-corrected chi connectivity index (χ2v) is 6.19. The molecule has 1 aromatic heterocycles. The first-order valence-electron chi connectivity index (χ1n) is 8.94. The zero-order valence-electron chi connectivity index (χ0n) is 15.2. The van der Waals surface area contributed by atoms with Crippen molar-refractivity contribution in [2.24, 2.45) is 0 Å². The standard InChI is InChI=1S/C20H24N2O4/c1-3-25-20(23)16-13-21-22-17(16)10-8-14-9-11-18(24-2)19(12-14)26-15-6-4-5-7-15/h8-13,15H,3-7H2,1-2H3,(H,21,22). The lowest BCUT2D eigenvalue weighted by atomic mass is 10.1. The SMILES string of the molecule is CCOC(=O)c1cn[nH]c1C=Cc1ccc(OC)c(OC2CCCC2)c1. The number of hydrogen-bond acceptors (Lipinski definition) is 5. The minimum absolute atomic E-state index is 0.256. The molecule has 1 aromatic carbocycles. The van der Waals surface area contributed by atoms with Crippen molar-refractivity contribution >= 4 is 18.1 Å². The number of esters is 1. The largest absolute Gasteiger partial charge is 0.493 e. The third kappa shape index (κ3) is 4.25. The summed E-state index contributed by atoms with van der Waals surface area (Å²) < 4.78 is 16.6. The molecule has 1 saturated carbocycles. The van der Waals surface area contributed by atoms with Crippen molar-refractivity contribution in [1.29, 1.82) is 0 Å². The van der Waals surface area contributed by atoms with Crippen LogP contribution >= 0.6 is 0 Å². The average Bonchev–Trinajstić information content (AvgIpc) is 3.32. The van der Waals surface area contributed by atoms with Gasteiger partial charge in [0, 0.05) is 0 Å². The van der Waals surface area contributed by atoms with Crippen LogP contribution in [0, 0.1) is 0 Å². The molecule has 0 aliphatic heterocycles. The molecule has 0 spiro atoms. The fraction of sp³-hybridized carbons (Fsp3) is 0.400. The van der Waals surface area contributed by atoms with E-state index in [1.165, 1.54) is 19.0 Å². The smallest absolute Gasteiger partial charge is 0.341 e. The lowest BCUT2D eigenvalue weighted by Gasteiger charge is -2.16. The minimum atomic E-state index is -0.388. The summed E-state index contributed by atoms with van der Waals surface area (Å²) in [4.78, 5) is 11.9. The number of methoxy groups -OCH3 is 1. The third-order valence-electron chi connectivity index (χ3n) is 4.39. The summed E-state index contributed by atoms with van der Waals surface area (Å²) in [5.74, 6) is 1.08. The molecule has 1 aliphatic carbocycles. The fourth-order valence-electron chi connectivity index (χ4n) is 3.05. The highest BCUT2D eigenvalue weighted by Crippen LogP contribution is 2.33. The first-order valence-corrected chi connectivity index (χ1v) is 8.94. The molecule has 0 amide bonds. The number of benzene rings is 1. The van der Waals surface area contributed by atoms with Gasteiger partial charge in [-0.05, 0) is 56.4 Å². The van der Waals surface area contributed by atoms with E-state index in [4.69, 9.17) is 14.2 Å². The van der Waals surface area contributed by atoms with E-state index in [1.54, 1.807) is 20.1 Å². The molecule has 0 bridgehead atoms. The molecule has 1 fully saturated rings. The Morgan fingerprint density at radius 2 is 2.08 bits per heavy atom. The Hall–Kier alpha value is -2.76. The lowest BCUT2D eigenvalue weighted by molar-refractivity contribution is 0.0526.